The second kappa shape index (κ2) is 8.82. The van der Waals surface area contributed by atoms with Crippen LogP contribution in [0, 0.1) is 5.92 Å². The van der Waals surface area contributed by atoms with Gasteiger partial charge in [-0.15, -0.1) is 11.8 Å². The molecule has 152 valence electrons. The average Bonchev–Trinajstić information content (AvgIpc) is 3.02. The standard InChI is InChI=1S/C20H25Cl2N3O2S/c21-16-5-4-15(12-17(16)22)20-25(18(26)13-28-20)11-8-23-6-9-24(10-7-23)19(27)14-2-1-3-14/h4-5,12,14,20H,1-3,6-11,13H2. The van der Waals surface area contributed by atoms with Gasteiger partial charge in [0.05, 0.1) is 15.8 Å². The Morgan fingerprint density at radius 1 is 1.07 bits per heavy atom. The van der Waals surface area contributed by atoms with Gasteiger partial charge in [-0.1, -0.05) is 35.7 Å². The third-order valence-electron chi connectivity index (χ3n) is 5.99. The highest BCUT2D eigenvalue weighted by Crippen LogP contribution is 2.40. The molecule has 2 heterocycles. The SMILES string of the molecule is O=C(C1CCC1)N1CCN(CCN2C(=O)CSC2c2ccc(Cl)c(Cl)c2)CC1. The molecule has 2 amide bonds. The second-order valence-electron chi connectivity index (χ2n) is 7.72. The molecular formula is C20H25Cl2N3O2S. The molecule has 1 unspecified atom stereocenters. The zero-order chi connectivity index (χ0) is 19.7. The Bertz CT molecular complexity index is 751. The normalized spacial score (nSPS) is 23.9. The van der Waals surface area contributed by atoms with E-state index < -0.39 is 0 Å². The lowest BCUT2D eigenvalue weighted by atomic mass is 9.84. The average molecular weight is 442 g/mol. The van der Waals surface area contributed by atoms with E-state index >= 15 is 0 Å². The zero-order valence-electron chi connectivity index (χ0n) is 15.8. The summed E-state index contributed by atoms with van der Waals surface area (Å²) < 4.78 is 0. The predicted octanol–water partition coefficient (Wildman–Crippen LogP) is 3.51. The summed E-state index contributed by atoms with van der Waals surface area (Å²) in [4.78, 5) is 31.1. The molecule has 5 nitrogen and oxygen atoms in total. The van der Waals surface area contributed by atoms with Crippen molar-refractivity contribution in [3.05, 3.63) is 33.8 Å². The van der Waals surface area contributed by atoms with Gasteiger partial charge in [0.1, 0.15) is 5.37 Å². The molecule has 3 fully saturated rings. The first-order valence-corrected chi connectivity index (χ1v) is 11.7. The molecule has 0 radical (unpaired) electrons. The van der Waals surface area contributed by atoms with Gasteiger partial charge in [0.25, 0.3) is 0 Å². The van der Waals surface area contributed by atoms with Crippen LogP contribution in [0.4, 0.5) is 0 Å². The summed E-state index contributed by atoms with van der Waals surface area (Å²) in [5.41, 5.74) is 1.01. The number of benzene rings is 1. The van der Waals surface area contributed by atoms with Crippen LogP contribution in [0.3, 0.4) is 0 Å². The zero-order valence-corrected chi connectivity index (χ0v) is 18.1. The lowest BCUT2D eigenvalue weighted by Crippen LogP contribution is -2.52. The van der Waals surface area contributed by atoms with Crippen molar-refractivity contribution in [2.45, 2.75) is 24.6 Å². The molecule has 0 bridgehead atoms. The van der Waals surface area contributed by atoms with Gasteiger partial charge in [-0.05, 0) is 30.5 Å². The Labute approximate surface area is 180 Å². The van der Waals surface area contributed by atoms with Crippen molar-refractivity contribution < 1.29 is 9.59 Å². The van der Waals surface area contributed by atoms with Gasteiger partial charge in [0, 0.05) is 45.2 Å². The first-order valence-electron chi connectivity index (χ1n) is 9.90. The summed E-state index contributed by atoms with van der Waals surface area (Å²) in [6.45, 7) is 4.88. The lowest BCUT2D eigenvalue weighted by Gasteiger charge is -2.38. The number of carbonyl (C=O) groups is 2. The van der Waals surface area contributed by atoms with Crippen molar-refractivity contribution >= 4 is 46.8 Å². The maximum absolute atomic E-state index is 12.4. The summed E-state index contributed by atoms with van der Waals surface area (Å²) in [6.07, 6.45) is 3.31. The fourth-order valence-electron chi connectivity index (χ4n) is 3.99. The summed E-state index contributed by atoms with van der Waals surface area (Å²) in [5, 5.41) is 1.04. The molecule has 1 aliphatic carbocycles. The van der Waals surface area contributed by atoms with Gasteiger partial charge in [0.2, 0.25) is 11.8 Å². The Morgan fingerprint density at radius 2 is 1.82 bits per heavy atom. The topological polar surface area (TPSA) is 43.9 Å². The van der Waals surface area contributed by atoms with Gasteiger partial charge in [-0.2, -0.15) is 0 Å². The number of rotatable bonds is 5. The van der Waals surface area contributed by atoms with Crippen molar-refractivity contribution in [2.75, 3.05) is 45.0 Å². The highest BCUT2D eigenvalue weighted by Gasteiger charge is 2.34. The van der Waals surface area contributed by atoms with Crippen molar-refractivity contribution in [1.29, 1.82) is 0 Å². The molecule has 2 aliphatic heterocycles. The molecule has 4 rings (SSSR count). The van der Waals surface area contributed by atoms with Crippen molar-refractivity contribution in [3.8, 4) is 0 Å². The highest BCUT2D eigenvalue weighted by molar-refractivity contribution is 8.00. The number of amides is 2. The lowest BCUT2D eigenvalue weighted by molar-refractivity contribution is -0.139. The van der Waals surface area contributed by atoms with Gasteiger partial charge < -0.3 is 9.80 Å². The number of hydrogen-bond acceptors (Lipinski definition) is 4. The van der Waals surface area contributed by atoms with Crippen molar-refractivity contribution in [3.63, 3.8) is 0 Å². The van der Waals surface area contributed by atoms with Gasteiger partial charge in [-0.3, -0.25) is 14.5 Å². The van der Waals surface area contributed by atoms with Crippen molar-refractivity contribution in [1.82, 2.24) is 14.7 Å². The van der Waals surface area contributed by atoms with E-state index in [4.69, 9.17) is 23.2 Å². The van der Waals surface area contributed by atoms with Gasteiger partial charge >= 0.3 is 0 Å². The van der Waals surface area contributed by atoms with Crippen LogP contribution in [0.25, 0.3) is 0 Å². The summed E-state index contributed by atoms with van der Waals surface area (Å²) in [6, 6.07) is 5.60. The Hall–Kier alpha value is -0.950. The molecular weight excluding hydrogens is 417 g/mol. The largest absolute Gasteiger partial charge is 0.340 e. The third kappa shape index (κ3) is 4.30. The highest BCUT2D eigenvalue weighted by atomic mass is 35.5. The van der Waals surface area contributed by atoms with E-state index in [1.807, 2.05) is 21.9 Å². The van der Waals surface area contributed by atoms with Crippen LogP contribution >= 0.6 is 35.0 Å². The van der Waals surface area contributed by atoms with Crippen LogP contribution in [-0.4, -0.2) is 71.5 Å². The van der Waals surface area contributed by atoms with E-state index in [9.17, 15) is 9.59 Å². The minimum atomic E-state index is -0.0104. The number of piperazine rings is 1. The van der Waals surface area contributed by atoms with Crippen molar-refractivity contribution in [2.24, 2.45) is 5.92 Å². The molecule has 1 saturated carbocycles. The molecule has 1 aromatic rings. The van der Waals surface area contributed by atoms with E-state index in [2.05, 4.69) is 4.90 Å². The molecule has 2 saturated heterocycles. The fraction of sp³-hybridized carbons (Fsp3) is 0.600. The summed E-state index contributed by atoms with van der Waals surface area (Å²) >= 11 is 13.8. The second-order valence-corrected chi connectivity index (χ2v) is 9.60. The minimum Gasteiger partial charge on any atom is -0.340 e. The van der Waals surface area contributed by atoms with E-state index in [1.165, 1.54) is 6.42 Å². The summed E-state index contributed by atoms with van der Waals surface area (Å²) in [5.74, 6) is 1.28. The fourth-order valence-corrected chi connectivity index (χ4v) is 5.51. The van der Waals surface area contributed by atoms with Crippen LogP contribution < -0.4 is 0 Å². The maximum Gasteiger partial charge on any atom is 0.233 e. The van der Waals surface area contributed by atoms with E-state index in [0.29, 0.717) is 28.3 Å². The molecule has 3 aliphatic rings. The first kappa shape index (κ1) is 20.3. The van der Waals surface area contributed by atoms with E-state index in [1.54, 1.807) is 17.8 Å². The quantitative estimate of drug-likeness (QED) is 0.700. The minimum absolute atomic E-state index is 0.0104. The monoisotopic (exact) mass is 441 g/mol. The van der Waals surface area contributed by atoms with E-state index in [-0.39, 0.29) is 17.2 Å². The van der Waals surface area contributed by atoms with Crippen LogP contribution in [-0.2, 0) is 9.59 Å². The Balaban J connectivity index is 1.30. The smallest absolute Gasteiger partial charge is 0.233 e. The molecule has 0 N–H and O–H groups in total. The number of carbonyl (C=O) groups excluding carboxylic acids is 2. The van der Waals surface area contributed by atoms with Gasteiger partial charge in [-0.25, -0.2) is 0 Å². The van der Waals surface area contributed by atoms with Gasteiger partial charge in [0.15, 0.2) is 0 Å². The molecule has 1 aromatic carbocycles. The first-order chi connectivity index (χ1) is 13.5. The third-order valence-corrected chi connectivity index (χ3v) is 7.99. The van der Waals surface area contributed by atoms with Crippen LogP contribution in [0.5, 0.6) is 0 Å². The van der Waals surface area contributed by atoms with Crippen LogP contribution in [0.15, 0.2) is 18.2 Å². The maximum atomic E-state index is 12.4. The molecule has 28 heavy (non-hydrogen) atoms. The van der Waals surface area contributed by atoms with E-state index in [0.717, 1.165) is 51.1 Å². The molecule has 1 atom stereocenters. The molecule has 8 heteroatoms. The number of thioether (sulfide) groups is 1. The molecule has 0 aromatic heterocycles. The molecule has 0 spiro atoms. The summed E-state index contributed by atoms with van der Waals surface area (Å²) in [7, 11) is 0. The van der Waals surface area contributed by atoms with Crippen LogP contribution in [0.1, 0.15) is 30.2 Å². The van der Waals surface area contributed by atoms with Crippen LogP contribution in [0.2, 0.25) is 10.0 Å². The Kier molecular flexibility index (Phi) is 6.40. The number of hydrogen-bond donors (Lipinski definition) is 0. The Morgan fingerprint density at radius 3 is 2.46 bits per heavy atom. The number of halogens is 2. The predicted molar refractivity (Wildman–Crippen MR) is 114 cm³/mol. The number of nitrogens with zero attached hydrogens (tertiary/aromatic N) is 3.